The predicted molar refractivity (Wildman–Crippen MR) is 77.2 cm³/mol. The summed E-state index contributed by atoms with van der Waals surface area (Å²) in [6, 6.07) is 2.60. The molecule has 0 saturated carbocycles. The largest absolute Gasteiger partial charge is 0.379 e. The summed E-state index contributed by atoms with van der Waals surface area (Å²) in [4.78, 5) is 11.9. The van der Waals surface area contributed by atoms with Gasteiger partial charge in [-0.25, -0.2) is 13.6 Å². The summed E-state index contributed by atoms with van der Waals surface area (Å²) in [5.74, 6) is -0.461. The van der Waals surface area contributed by atoms with Gasteiger partial charge in [-0.05, 0) is 18.6 Å². The molecule has 1 atom stereocenters. The van der Waals surface area contributed by atoms with Gasteiger partial charge in [-0.1, -0.05) is 27.5 Å². The van der Waals surface area contributed by atoms with E-state index in [0.717, 1.165) is 0 Å². The molecule has 6 nitrogen and oxygen atoms in total. The Kier molecular flexibility index (Phi) is 4.70. The molecule has 110 valence electrons. The molecule has 0 bridgehead atoms. The van der Waals surface area contributed by atoms with Gasteiger partial charge in [0.2, 0.25) is 10.0 Å². The van der Waals surface area contributed by atoms with Crippen LogP contribution in [-0.2, 0) is 14.8 Å². The lowest BCUT2D eigenvalue weighted by Gasteiger charge is -2.13. The monoisotopic (exact) mass is 382 g/mol. The highest BCUT2D eigenvalue weighted by atomic mass is 79.9. The van der Waals surface area contributed by atoms with Crippen LogP contribution in [0, 0.1) is 0 Å². The Bertz CT molecular complexity index is 644. The van der Waals surface area contributed by atoms with E-state index >= 15 is 0 Å². The van der Waals surface area contributed by atoms with Crippen LogP contribution >= 0.6 is 27.5 Å². The maximum absolute atomic E-state index is 12.1. The number of benzene rings is 1. The van der Waals surface area contributed by atoms with Crippen molar-refractivity contribution in [2.45, 2.75) is 17.4 Å². The Morgan fingerprint density at radius 2 is 2.20 bits per heavy atom. The molecule has 1 aliphatic rings. The van der Waals surface area contributed by atoms with Gasteiger partial charge in [0.15, 0.2) is 0 Å². The van der Waals surface area contributed by atoms with Crippen LogP contribution in [0.4, 0.5) is 0 Å². The second kappa shape index (κ2) is 5.98. The van der Waals surface area contributed by atoms with Gasteiger partial charge < -0.3 is 10.1 Å². The van der Waals surface area contributed by atoms with Crippen molar-refractivity contribution in [3.05, 3.63) is 27.2 Å². The molecule has 2 rings (SSSR count). The fourth-order valence-electron chi connectivity index (χ4n) is 1.85. The number of carbonyl (C=O) groups excluding carboxylic acids is 1. The Morgan fingerprint density at radius 3 is 2.75 bits per heavy atom. The summed E-state index contributed by atoms with van der Waals surface area (Å²) in [5.41, 5.74) is 0.0527. The van der Waals surface area contributed by atoms with Crippen LogP contribution < -0.4 is 10.5 Å². The number of hydrogen-bond donors (Lipinski definition) is 2. The van der Waals surface area contributed by atoms with E-state index in [4.69, 9.17) is 21.5 Å². The minimum Gasteiger partial charge on any atom is -0.379 e. The zero-order valence-electron chi connectivity index (χ0n) is 10.2. The normalized spacial score (nSPS) is 19.1. The Balaban J connectivity index is 2.36. The Labute approximate surface area is 129 Å². The van der Waals surface area contributed by atoms with E-state index in [-0.39, 0.29) is 21.5 Å². The molecular formula is C11H12BrClN2O4S. The van der Waals surface area contributed by atoms with Gasteiger partial charge >= 0.3 is 0 Å². The number of halogens is 2. The van der Waals surface area contributed by atoms with Crippen molar-refractivity contribution in [1.29, 1.82) is 0 Å². The molecule has 0 spiro atoms. The van der Waals surface area contributed by atoms with Gasteiger partial charge in [0.25, 0.3) is 5.91 Å². The lowest BCUT2D eigenvalue weighted by atomic mass is 10.2. The standard InChI is InChI=1S/C11H12BrClN2O4S/c12-6-3-8(10(13)9(4-6)20(14,17)18)11(16)15-7-1-2-19-5-7/h3-4,7H,1-2,5H2,(H,15,16)(H2,14,17,18). The van der Waals surface area contributed by atoms with Crippen molar-refractivity contribution in [2.24, 2.45) is 5.14 Å². The maximum Gasteiger partial charge on any atom is 0.253 e. The Hall–Kier alpha value is -0.670. The van der Waals surface area contributed by atoms with E-state index in [1.54, 1.807) is 0 Å². The highest BCUT2D eigenvalue weighted by Crippen LogP contribution is 2.29. The van der Waals surface area contributed by atoms with Crippen LogP contribution in [0.15, 0.2) is 21.5 Å². The van der Waals surface area contributed by atoms with Crippen LogP contribution in [0.3, 0.4) is 0 Å². The molecule has 0 radical (unpaired) electrons. The number of sulfonamides is 1. The van der Waals surface area contributed by atoms with Gasteiger partial charge in [-0.2, -0.15) is 0 Å². The minimum absolute atomic E-state index is 0.0527. The summed E-state index contributed by atoms with van der Waals surface area (Å²) in [6.07, 6.45) is 0.708. The van der Waals surface area contributed by atoms with Crippen molar-refractivity contribution in [1.82, 2.24) is 5.32 Å². The third-order valence-corrected chi connectivity index (χ3v) is 4.73. The van der Waals surface area contributed by atoms with Gasteiger partial charge in [0.1, 0.15) is 4.90 Å². The topological polar surface area (TPSA) is 98.5 Å². The summed E-state index contributed by atoms with van der Waals surface area (Å²) >= 11 is 9.11. The van der Waals surface area contributed by atoms with Gasteiger partial charge in [0, 0.05) is 11.1 Å². The van der Waals surface area contributed by atoms with Crippen LogP contribution in [0.5, 0.6) is 0 Å². The van der Waals surface area contributed by atoms with Gasteiger partial charge in [-0.3, -0.25) is 4.79 Å². The first-order valence-electron chi connectivity index (χ1n) is 5.69. The fraction of sp³-hybridized carbons (Fsp3) is 0.364. The smallest absolute Gasteiger partial charge is 0.253 e. The van der Waals surface area contributed by atoms with Crippen molar-refractivity contribution >= 4 is 43.5 Å². The third kappa shape index (κ3) is 3.50. The summed E-state index contributed by atoms with van der Waals surface area (Å²) in [7, 11) is -4.01. The maximum atomic E-state index is 12.1. The van der Waals surface area contributed by atoms with Crippen LogP contribution in [0.2, 0.25) is 5.02 Å². The van der Waals surface area contributed by atoms with E-state index in [9.17, 15) is 13.2 Å². The lowest BCUT2D eigenvalue weighted by Crippen LogP contribution is -2.35. The number of primary sulfonamides is 1. The van der Waals surface area contributed by atoms with E-state index in [1.165, 1.54) is 12.1 Å². The second-order valence-electron chi connectivity index (χ2n) is 4.34. The molecule has 1 amide bonds. The molecule has 1 saturated heterocycles. The number of hydrogen-bond acceptors (Lipinski definition) is 4. The number of rotatable bonds is 3. The molecule has 0 aliphatic carbocycles. The number of nitrogens with two attached hydrogens (primary N) is 1. The number of amides is 1. The molecule has 1 fully saturated rings. The average Bonchev–Trinajstić information content (AvgIpc) is 2.83. The highest BCUT2D eigenvalue weighted by molar-refractivity contribution is 9.10. The summed E-state index contributed by atoms with van der Waals surface area (Å²) in [6.45, 7) is 1.01. The third-order valence-electron chi connectivity index (χ3n) is 2.82. The van der Waals surface area contributed by atoms with Crippen LogP contribution in [0.25, 0.3) is 0 Å². The average molecular weight is 384 g/mol. The molecule has 20 heavy (non-hydrogen) atoms. The highest BCUT2D eigenvalue weighted by Gasteiger charge is 2.24. The number of ether oxygens (including phenoxy) is 1. The van der Waals surface area contributed by atoms with Gasteiger partial charge in [0.05, 0.1) is 23.2 Å². The number of carbonyl (C=O) groups is 1. The quantitative estimate of drug-likeness (QED) is 0.821. The first-order valence-corrected chi connectivity index (χ1v) is 8.41. The lowest BCUT2D eigenvalue weighted by molar-refractivity contribution is 0.0930. The zero-order valence-corrected chi connectivity index (χ0v) is 13.4. The van der Waals surface area contributed by atoms with E-state index < -0.39 is 15.9 Å². The summed E-state index contributed by atoms with van der Waals surface area (Å²) in [5, 5.41) is 7.62. The van der Waals surface area contributed by atoms with Crippen molar-refractivity contribution in [3.8, 4) is 0 Å². The molecule has 1 aromatic rings. The summed E-state index contributed by atoms with van der Waals surface area (Å²) < 4.78 is 28.4. The zero-order chi connectivity index (χ0) is 14.9. The molecule has 1 unspecified atom stereocenters. The molecule has 9 heteroatoms. The molecular weight excluding hydrogens is 372 g/mol. The van der Waals surface area contributed by atoms with Crippen molar-refractivity contribution in [2.75, 3.05) is 13.2 Å². The van der Waals surface area contributed by atoms with Crippen molar-refractivity contribution < 1.29 is 17.9 Å². The molecule has 3 N–H and O–H groups in total. The Morgan fingerprint density at radius 1 is 1.50 bits per heavy atom. The molecule has 0 aromatic heterocycles. The first kappa shape index (κ1) is 15.7. The first-order chi connectivity index (χ1) is 9.29. The minimum atomic E-state index is -4.01. The van der Waals surface area contributed by atoms with E-state index in [0.29, 0.717) is 24.1 Å². The molecule has 1 aliphatic heterocycles. The molecule has 1 aromatic carbocycles. The van der Waals surface area contributed by atoms with Gasteiger partial charge in [-0.15, -0.1) is 0 Å². The number of nitrogens with one attached hydrogen (secondary N) is 1. The van der Waals surface area contributed by atoms with E-state index in [1.807, 2.05) is 0 Å². The van der Waals surface area contributed by atoms with Crippen LogP contribution in [0.1, 0.15) is 16.8 Å². The van der Waals surface area contributed by atoms with E-state index in [2.05, 4.69) is 21.2 Å². The SMILES string of the molecule is NS(=O)(=O)c1cc(Br)cc(C(=O)NC2CCOC2)c1Cl. The van der Waals surface area contributed by atoms with Crippen molar-refractivity contribution in [3.63, 3.8) is 0 Å². The fourth-order valence-corrected chi connectivity index (χ4v) is 3.63. The molecule has 1 heterocycles. The second-order valence-corrected chi connectivity index (χ2v) is 7.17. The van der Waals surface area contributed by atoms with Crippen LogP contribution in [-0.4, -0.2) is 33.6 Å². The predicted octanol–water partition coefficient (Wildman–Crippen LogP) is 1.27.